The van der Waals surface area contributed by atoms with Gasteiger partial charge in [-0.2, -0.15) is 5.26 Å². The normalized spacial score (nSPS) is 22.5. The number of fused-ring (bicyclic) bond motifs is 1. The minimum Gasteiger partial charge on any atom is -0.379 e. The van der Waals surface area contributed by atoms with Crippen molar-refractivity contribution in [3.63, 3.8) is 0 Å². The number of hydrogen-bond acceptors (Lipinski definition) is 2. The molecular weight excluding hydrogens is 305 g/mol. The summed E-state index contributed by atoms with van der Waals surface area (Å²) in [6.45, 7) is 2.77. The van der Waals surface area contributed by atoms with Crippen molar-refractivity contribution in [3.8, 4) is 11.8 Å². The van der Waals surface area contributed by atoms with Gasteiger partial charge in [0.15, 0.2) is 5.60 Å². The fraction of sp³-hybridized carbons (Fsp3) is 0.353. The van der Waals surface area contributed by atoms with Crippen LogP contribution in [0.25, 0.3) is 5.69 Å². The fourth-order valence-electron chi connectivity index (χ4n) is 3.28. The second-order valence-corrected chi connectivity index (χ2v) is 6.06. The first-order valence-corrected chi connectivity index (χ1v) is 7.20. The van der Waals surface area contributed by atoms with Gasteiger partial charge in [0.05, 0.1) is 5.56 Å². The molecule has 3 nitrogen and oxygen atoms in total. The summed E-state index contributed by atoms with van der Waals surface area (Å²) in [6, 6.07) is 5.79. The molecule has 120 valence electrons. The number of benzene rings is 1. The number of aromatic nitrogens is 1. The van der Waals surface area contributed by atoms with Gasteiger partial charge in [-0.15, -0.1) is 0 Å². The van der Waals surface area contributed by atoms with Crippen LogP contribution in [-0.4, -0.2) is 15.6 Å². The van der Waals surface area contributed by atoms with Crippen molar-refractivity contribution in [2.45, 2.75) is 38.2 Å². The van der Waals surface area contributed by atoms with E-state index in [1.165, 1.54) is 18.2 Å². The van der Waals surface area contributed by atoms with E-state index in [1.54, 1.807) is 23.8 Å². The summed E-state index contributed by atoms with van der Waals surface area (Å²) < 4.78 is 43.3. The van der Waals surface area contributed by atoms with Gasteiger partial charge in [-0.3, -0.25) is 0 Å². The minimum atomic E-state index is -3.21. The van der Waals surface area contributed by atoms with Gasteiger partial charge in [0.1, 0.15) is 11.9 Å². The summed E-state index contributed by atoms with van der Waals surface area (Å²) in [6.07, 6.45) is 1.25. The van der Waals surface area contributed by atoms with Crippen LogP contribution in [0.5, 0.6) is 0 Å². The van der Waals surface area contributed by atoms with Gasteiger partial charge in [-0.1, -0.05) is 0 Å². The molecule has 1 aromatic carbocycles. The molecular formula is C17H15F3N2O. The zero-order valence-corrected chi connectivity index (χ0v) is 12.7. The molecule has 0 amide bonds. The number of halogens is 3. The van der Waals surface area contributed by atoms with E-state index in [9.17, 15) is 18.3 Å². The van der Waals surface area contributed by atoms with E-state index in [1.807, 2.05) is 0 Å². The lowest BCUT2D eigenvalue weighted by atomic mass is 9.79. The molecule has 1 aromatic heterocycles. The summed E-state index contributed by atoms with van der Waals surface area (Å²) in [5.41, 5.74) is -0.560. The zero-order valence-electron chi connectivity index (χ0n) is 12.7. The third kappa shape index (κ3) is 2.15. The quantitative estimate of drug-likeness (QED) is 0.873. The average Bonchev–Trinajstić information content (AvgIpc) is 2.82. The topological polar surface area (TPSA) is 49.0 Å². The second kappa shape index (κ2) is 4.87. The van der Waals surface area contributed by atoms with Gasteiger partial charge in [0.2, 0.25) is 0 Å². The summed E-state index contributed by atoms with van der Waals surface area (Å²) in [4.78, 5) is 0. The molecule has 1 unspecified atom stereocenters. The Morgan fingerprint density at radius 1 is 1.35 bits per heavy atom. The maximum Gasteiger partial charge on any atom is 0.280 e. The van der Waals surface area contributed by atoms with Gasteiger partial charge in [0.25, 0.3) is 5.92 Å². The fourth-order valence-corrected chi connectivity index (χ4v) is 3.28. The Balaban J connectivity index is 2.21. The molecule has 1 N–H and O–H groups in total. The third-order valence-corrected chi connectivity index (χ3v) is 4.52. The third-order valence-electron chi connectivity index (χ3n) is 4.52. The predicted molar refractivity (Wildman–Crippen MR) is 78.0 cm³/mol. The lowest BCUT2D eigenvalue weighted by Crippen LogP contribution is -2.47. The maximum absolute atomic E-state index is 14.1. The van der Waals surface area contributed by atoms with Crippen molar-refractivity contribution in [2.24, 2.45) is 0 Å². The SMILES string of the molecule is Cc1cn(-c2ccc(F)c(C#N)c2)c2c1C(C)(O)C(F)(F)CC2. The second-order valence-electron chi connectivity index (χ2n) is 6.06. The van der Waals surface area contributed by atoms with Crippen LogP contribution < -0.4 is 0 Å². The summed E-state index contributed by atoms with van der Waals surface area (Å²) in [5, 5.41) is 19.3. The number of alkyl halides is 2. The van der Waals surface area contributed by atoms with E-state index in [0.717, 1.165) is 6.92 Å². The molecule has 0 spiro atoms. The molecule has 1 aliphatic carbocycles. The Morgan fingerprint density at radius 2 is 2.04 bits per heavy atom. The van der Waals surface area contributed by atoms with Gasteiger partial charge < -0.3 is 9.67 Å². The highest BCUT2D eigenvalue weighted by Gasteiger charge is 2.55. The van der Waals surface area contributed by atoms with Crippen molar-refractivity contribution in [1.29, 1.82) is 5.26 Å². The largest absolute Gasteiger partial charge is 0.379 e. The van der Waals surface area contributed by atoms with E-state index in [0.29, 0.717) is 16.9 Å². The molecule has 23 heavy (non-hydrogen) atoms. The van der Waals surface area contributed by atoms with Crippen LogP contribution in [0.3, 0.4) is 0 Å². The summed E-state index contributed by atoms with van der Waals surface area (Å²) >= 11 is 0. The van der Waals surface area contributed by atoms with Crippen LogP contribution in [-0.2, 0) is 12.0 Å². The zero-order chi connectivity index (χ0) is 17.0. The van der Waals surface area contributed by atoms with E-state index >= 15 is 0 Å². The number of rotatable bonds is 1. The molecule has 3 rings (SSSR count). The maximum atomic E-state index is 14.1. The van der Waals surface area contributed by atoms with Crippen molar-refractivity contribution in [1.82, 2.24) is 4.57 Å². The molecule has 0 fully saturated rings. The Kier molecular flexibility index (Phi) is 3.31. The van der Waals surface area contributed by atoms with Crippen LogP contribution in [0.2, 0.25) is 0 Å². The van der Waals surface area contributed by atoms with Crippen molar-refractivity contribution in [2.75, 3.05) is 0 Å². The van der Waals surface area contributed by atoms with Crippen LogP contribution in [0.1, 0.15) is 35.7 Å². The lowest BCUT2D eigenvalue weighted by Gasteiger charge is -2.38. The smallest absolute Gasteiger partial charge is 0.280 e. The van der Waals surface area contributed by atoms with Crippen molar-refractivity contribution < 1.29 is 18.3 Å². The molecule has 0 bridgehead atoms. The van der Waals surface area contributed by atoms with Crippen LogP contribution >= 0.6 is 0 Å². The van der Waals surface area contributed by atoms with Crippen LogP contribution in [0, 0.1) is 24.1 Å². The van der Waals surface area contributed by atoms with Crippen LogP contribution in [0.4, 0.5) is 13.2 Å². The molecule has 0 aliphatic heterocycles. The highest BCUT2D eigenvalue weighted by atomic mass is 19.3. The Hall–Kier alpha value is -2.26. The first kappa shape index (κ1) is 15.6. The van der Waals surface area contributed by atoms with E-state index < -0.39 is 23.8 Å². The number of nitrogens with zero attached hydrogens (tertiary/aromatic N) is 2. The molecule has 0 radical (unpaired) electrons. The van der Waals surface area contributed by atoms with E-state index in [4.69, 9.17) is 5.26 Å². The van der Waals surface area contributed by atoms with Gasteiger partial charge >= 0.3 is 0 Å². The van der Waals surface area contributed by atoms with Crippen LogP contribution in [0.15, 0.2) is 24.4 Å². The molecule has 0 saturated carbocycles. The first-order chi connectivity index (χ1) is 10.7. The average molecular weight is 320 g/mol. The van der Waals surface area contributed by atoms with Gasteiger partial charge in [-0.25, -0.2) is 13.2 Å². The summed E-state index contributed by atoms with van der Waals surface area (Å²) in [7, 11) is 0. The number of aliphatic hydroxyl groups is 1. The first-order valence-electron chi connectivity index (χ1n) is 7.20. The number of hydrogen-bond donors (Lipinski definition) is 1. The molecule has 0 saturated heterocycles. The Labute approximate surface area is 131 Å². The lowest BCUT2D eigenvalue weighted by molar-refractivity contribution is -0.187. The summed E-state index contributed by atoms with van der Waals surface area (Å²) in [5.74, 6) is -3.84. The molecule has 2 aromatic rings. The molecule has 1 heterocycles. The molecule has 1 atom stereocenters. The van der Waals surface area contributed by atoms with Gasteiger partial charge in [-0.05, 0) is 44.0 Å². The number of aryl methyl sites for hydroxylation is 1. The highest BCUT2D eigenvalue weighted by molar-refractivity contribution is 5.49. The molecule has 1 aliphatic rings. The van der Waals surface area contributed by atoms with E-state index in [2.05, 4.69) is 0 Å². The Morgan fingerprint density at radius 3 is 2.70 bits per heavy atom. The molecule has 6 heteroatoms. The van der Waals surface area contributed by atoms with Gasteiger partial charge in [0, 0.05) is 29.6 Å². The van der Waals surface area contributed by atoms with Crippen molar-refractivity contribution >= 4 is 0 Å². The van der Waals surface area contributed by atoms with Crippen molar-refractivity contribution in [3.05, 3.63) is 52.6 Å². The number of nitriles is 1. The monoisotopic (exact) mass is 320 g/mol. The van der Waals surface area contributed by atoms with E-state index in [-0.39, 0.29) is 17.5 Å². The Bertz CT molecular complexity index is 831. The highest BCUT2D eigenvalue weighted by Crippen LogP contribution is 2.48. The minimum absolute atomic E-state index is 0.0889. The predicted octanol–water partition coefficient (Wildman–Crippen LogP) is 3.59. The standard InChI is InChI=1S/C17H15F3N2O/c1-10-9-22(12-3-4-13(18)11(7-12)8-21)14-5-6-17(19,20)16(2,23)15(10)14/h3-4,7,9,23H,5-6H2,1-2H3.